The summed E-state index contributed by atoms with van der Waals surface area (Å²) < 4.78 is 5.36. The van der Waals surface area contributed by atoms with Crippen molar-refractivity contribution in [3.8, 4) is 0 Å². The number of hydrogen-bond acceptors (Lipinski definition) is 2. The van der Waals surface area contributed by atoms with Gasteiger partial charge in [-0.05, 0) is 13.8 Å². The Kier molecular flexibility index (Phi) is 4.34. The molecule has 0 unspecified atom stereocenters. The topological polar surface area (TPSA) is 49.8 Å². The van der Waals surface area contributed by atoms with Gasteiger partial charge in [-0.2, -0.15) is 0 Å². The van der Waals surface area contributed by atoms with Crippen molar-refractivity contribution in [2.45, 2.75) is 26.1 Å². The first-order chi connectivity index (χ1) is 5.09. The molecule has 72 valence electrons. The SMILES string of the molecule is C[C@@H]1CN(C(=O)O)C[C@H](C)O1.Cl. The largest absolute Gasteiger partial charge is 0.465 e. The summed E-state index contributed by atoms with van der Waals surface area (Å²) in [6.07, 6.45) is -0.809. The van der Waals surface area contributed by atoms with Gasteiger partial charge < -0.3 is 14.7 Å². The second-order valence-electron chi connectivity index (χ2n) is 2.94. The van der Waals surface area contributed by atoms with Crippen molar-refractivity contribution in [3.63, 3.8) is 0 Å². The number of rotatable bonds is 0. The molecule has 1 rings (SSSR count). The molecule has 4 nitrogen and oxygen atoms in total. The average molecular weight is 196 g/mol. The lowest BCUT2D eigenvalue weighted by Crippen LogP contribution is -2.47. The first kappa shape index (κ1) is 11.5. The summed E-state index contributed by atoms with van der Waals surface area (Å²) in [5.41, 5.74) is 0. The van der Waals surface area contributed by atoms with Crippen LogP contribution in [-0.4, -0.2) is 41.4 Å². The number of morpholine rings is 1. The van der Waals surface area contributed by atoms with Gasteiger partial charge in [0.1, 0.15) is 0 Å². The van der Waals surface area contributed by atoms with Crippen LogP contribution in [0.15, 0.2) is 0 Å². The number of amides is 1. The van der Waals surface area contributed by atoms with E-state index in [0.29, 0.717) is 13.1 Å². The lowest BCUT2D eigenvalue weighted by atomic mass is 10.2. The lowest BCUT2D eigenvalue weighted by Gasteiger charge is -2.33. The molecule has 0 radical (unpaired) electrons. The minimum absolute atomic E-state index is 0. The Balaban J connectivity index is 0.00000121. The van der Waals surface area contributed by atoms with E-state index in [-0.39, 0.29) is 24.6 Å². The number of ether oxygens (including phenoxy) is 1. The zero-order valence-electron chi connectivity index (χ0n) is 7.19. The Hall–Kier alpha value is -0.480. The number of halogens is 1. The van der Waals surface area contributed by atoms with E-state index >= 15 is 0 Å². The van der Waals surface area contributed by atoms with Crippen LogP contribution in [0.25, 0.3) is 0 Å². The van der Waals surface area contributed by atoms with Crippen molar-refractivity contribution in [3.05, 3.63) is 0 Å². The maximum atomic E-state index is 10.5. The standard InChI is InChI=1S/C7H13NO3.ClH/c1-5-3-8(7(9)10)4-6(2)11-5;/h5-6H,3-4H2,1-2H3,(H,9,10);1H/t5-,6+;. The molecule has 1 N–H and O–H groups in total. The van der Waals surface area contributed by atoms with Gasteiger partial charge in [-0.3, -0.25) is 0 Å². The van der Waals surface area contributed by atoms with E-state index in [0.717, 1.165) is 0 Å². The maximum absolute atomic E-state index is 10.5. The van der Waals surface area contributed by atoms with Crippen LogP contribution in [-0.2, 0) is 4.74 Å². The Labute approximate surface area is 77.9 Å². The summed E-state index contributed by atoms with van der Waals surface area (Å²) in [4.78, 5) is 11.9. The van der Waals surface area contributed by atoms with E-state index in [4.69, 9.17) is 9.84 Å². The first-order valence-corrected chi connectivity index (χ1v) is 3.73. The van der Waals surface area contributed by atoms with Crippen LogP contribution in [0.2, 0.25) is 0 Å². The molecule has 0 aromatic rings. The van der Waals surface area contributed by atoms with E-state index in [9.17, 15) is 4.79 Å². The summed E-state index contributed by atoms with van der Waals surface area (Å²) in [7, 11) is 0. The predicted molar refractivity (Wildman–Crippen MR) is 46.9 cm³/mol. The predicted octanol–water partition coefficient (Wildman–Crippen LogP) is 1.20. The molecular weight excluding hydrogens is 182 g/mol. The third-order valence-electron chi connectivity index (χ3n) is 1.69. The molecule has 1 aliphatic heterocycles. The second kappa shape index (κ2) is 4.52. The van der Waals surface area contributed by atoms with Gasteiger partial charge in [0.25, 0.3) is 0 Å². The molecule has 1 saturated heterocycles. The fourth-order valence-electron chi connectivity index (χ4n) is 1.33. The van der Waals surface area contributed by atoms with Crippen LogP contribution in [0.1, 0.15) is 13.8 Å². The number of nitrogens with zero attached hydrogens (tertiary/aromatic N) is 1. The van der Waals surface area contributed by atoms with E-state index < -0.39 is 6.09 Å². The minimum atomic E-state index is -0.855. The molecule has 0 aromatic heterocycles. The Morgan fingerprint density at radius 2 is 1.83 bits per heavy atom. The zero-order valence-corrected chi connectivity index (χ0v) is 8.00. The number of carboxylic acid groups (broad SMARTS) is 1. The van der Waals surface area contributed by atoms with Gasteiger partial charge in [-0.1, -0.05) is 0 Å². The fourth-order valence-corrected chi connectivity index (χ4v) is 1.33. The highest BCUT2D eigenvalue weighted by atomic mass is 35.5. The highest BCUT2D eigenvalue weighted by Crippen LogP contribution is 2.09. The van der Waals surface area contributed by atoms with Crippen molar-refractivity contribution in [2.75, 3.05) is 13.1 Å². The summed E-state index contributed by atoms with van der Waals surface area (Å²) in [5.74, 6) is 0. The van der Waals surface area contributed by atoms with Gasteiger partial charge in [0.15, 0.2) is 0 Å². The molecule has 0 bridgehead atoms. The third-order valence-corrected chi connectivity index (χ3v) is 1.69. The van der Waals surface area contributed by atoms with Crippen LogP contribution in [0.3, 0.4) is 0 Å². The van der Waals surface area contributed by atoms with Crippen LogP contribution in [0, 0.1) is 0 Å². The Morgan fingerprint density at radius 1 is 1.42 bits per heavy atom. The van der Waals surface area contributed by atoms with E-state index in [1.165, 1.54) is 4.90 Å². The van der Waals surface area contributed by atoms with E-state index in [1.807, 2.05) is 13.8 Å². The third kappa shape index (κ3) is 2.87. The minimum Gasteiger partial charge on any atom is -0.465 e. The van der Waals surface area contributed by atoms with Gasteiger partial charge >= 0.3 is 6.09 Å². The molecule has 1 amide bonds. The monoisotopic (exact) mass is 195 g/mol. The van der Waals surface area contributed by atoms with E-state index in [1.54, 1.807) is 0 Å². The first-order valence-electron chi connectivity index (χ1n) is 3.73. The van der Waals surface area contributed by atoms with Crippen molar-refractivity contribution in [1.29, 1.82) is 0 Å². The Bertz CT molecular complexity index is 155. The molecule has 0 aromatic carbocycles. The highest BCUT2D eigenvalue weighted by Gasteiger charge is 2.24. The fraction of sp³-hybridized carbons (Fsp3) is 0.857. The molecule has 1 fully saturated rings. The molecule has 1 heterocycles. The second-order valence-corrected chi connectivity index (χ2v) is 2.94. The zero-order chi connectivity index (χ0) is 8.43. The van der Waals surface area contributed by atoms with Crippen molar-refractivity contribution < 1.29 is 14.6 Å². The summed E-state index contributed by atoms with van der Waals surface area (Å²) >= 11 is 0. The van der Waals surface area contributed by atoms with Gasteiger partial charge in [-0.25, -0.2) is 4.79 Å². The van der Waals surface area contributed by atoms with Gasteiger partial charge in [0, 0.05) is 0 Å². The molecule has 5 heteroatoms. The van der Waals surface area contributed by atoms with Crippen molar-refractivity contribution in [2.24, 2.45) is 0 Å². The molecule has 0 spiro atoms. The molecule has 0 aliphatic carbocycles. The molecule has 0 saturated carbocycles. The van der Waals surface area contributed by atoms with Crippen LogP contribution < -0.4 is 0 Å². The van der Waals surface area contributed by atoms with Crippen molar-refractivity contribution >= 4 is 18.5 Å². The highest BCUT2D eigenvalue weighted by molar-refractivity contribution is 5.85. The summed E-state index contributed by atoms with van der Waals surface area (Å²) in [5, 5.41) is 8.64. The van der Waals surface area contributed by atoms with Gasteiger partial charge in [-0.15, -0.1) is 12.4 Å². The van der Waals surface area contributed by atoms with Crippen LogP contribution >= 0.6 is 12.4 Å². The van der Waals surface area contributed by atoms with Gasteiger partial charge in [0.05, 0.1) is 25.3 Å². The van der Waals surface area contributed by atoms with Gasteiger partial charge in [0.2, 0.25) is 0 Å². The molecule has 12 heavy (non-hydrogen) atoms. The Morgan fingerprint density at radius 3 is 2.17 bits per heavy atom. The van der Waals surface area contributed by atoms with Crippen molar-refractivity contribution in [1.82, 2.24) is 4.90 Å². The number of hydrogen-bond donors (Lipinski definition) is 1. The van der Waals surface area contributed by atoms with Crippen LogP contribution in [0.5, 0.6) is 0 Å². The normalized spacial score (nSPS) is 29.3. The maximum Gasteiger partial charge on any atom is 0.407 e. The average Bonchev–Trinajstić information content (AvgIpc) is 1.85. The number of carbonyl (C=O) groups is 1. The molecule has 2 atom stereocenters. The smallest absolute Gasteiger partial charge is 0.407 e. The molecular formula is C7H14ClNO3. The summed E-state index contributed by atoms with van der Waals surface area (Å²) in [6.45, 7) is 4.73. The quantitative estimate of drug-likeness (QED) is 0.632. The summed E-state index contributed by atoms with van der Waals surface area (Å²) in [6, 6.07) is 0. The lowest BCUT2D eigenvalue weighted by molar-refractivity contribution is -0.0603. The van der Waals surface area contributed by atoms with Crippen LogP contribution in [0.4, 0.5) is 4.79 Å². The van der Waals surface area contributed by atoms with E-state index in [2.05, 4.69) is 0 Å². The molecule has 1 aliphatic rings.